The van der Waals surface area contributed by atoms with Crippen molar-refractivity contribution >= 4 is 3.21 Å². The predicted octanol–water partition coefficient (Wildman–Crippen LogP) is 11.9. The molecular formula is C43H56Zr. The van der Waals surface area contributed by atoms with Crippen LogP contribution in [0.15, 0.2) is 56.9 Å². The van der Waals surface area contributed by atoms with Crippen LogP contribution >= 0.6 is 0 Å². The van der Waals surface area contributed by atoms with Gasteiger partial charge in [0, 0.05) is 0 Å². The average Bonchev–Trinajstić information content (AvgIpc) is 3.50. The molecule has 2 aromatic carbocycles. The van der Waals surface area contributed by atoms with Crippen LogP contribution in [-0.2, 0) is 32.1 Å². The summed E-state index contributed by atoms with van der Waals surface area (Å²) in [4.78, 5) is 0. The van der Waals surface area contributed by atoms with Crippen LogP contribution in [-0.4, -0.2) is 3.21 Å². The summed E-state index contributed by atoms with van der Waals surface area (Å²) in [5, 5.41) is 0. The van der Waals surface area contributed by atoms with Gasteiger partial charge in [0.05, 0.1) is 0 Å². The van der Waals surface area contributed by atoms with Crippen LogP contribution in [0.4, 0.5) is 0 Å². The van der Waals surface area contributed by atoms with Gasteiger partial charge in [-0.25, -0.2) is 0 Å². The topological polar surface area (TPSA) is 0 Å². The minimum absolute atomic E-state index is 0.162. The van der Waals surface area contributed by atoms with E-state index in [1.54, 1.807) is 47.1 Å². The van der Waals surface area contributed by atoms with Gasteiger partial charge in [-0.3, -0.25) is 0 Å². The molecule has 5 fully saturated rings. The maximum atomic E-state index is 2.72. The number of benzene rings is 2. The quantitative estimate of drug-likeness (QED) is 0.307. The van der Waals surface area contributed by atoms with E-state index in [-0.39, 0.29) is 10.8 Å². The summed E-state index contributed by atoms with van der Waals surface area (Å²) >= 11 is -2.34. The molecule has 0 aliphatic heterocycles. The van der Waals surface area contributed by atoms with E-state index in [9.17, 15) is 0 Å². The SMILES string of the molecule is CC1=CC[C]([Zr](=[C]2CCCCC2)[CH]2c3ccc(C(C)(C)C)cc3-c3cc(C(C)(C)C)ccc32)=C1C12CC3CC(CC(C3)C1)C2. The van der Waals surface area contributed by atoms with Gasteiger partial charge >= 0.3 is 278 Å². The molecule has 0 N–H and O–H groups in total. The van der Waals surface area contributed by atoms with Crippen molar-refractivity contribution in [2.24, 2.45) is 23.2 Å². The van der Waals surface area contributed by atoms with Crippen LogP contribution in [0.2, 0.25) is 0 Å². The normalized spacial score (nSPS) is 29.8. The third-order valence-electron chi connectivity index (χ3n) is 13.1. The second kappa shape index (κ2) is 10.6. The van der Waals surface area contributed by atoms with E-state index >= 15 is 0 Å². The molecule has 232 valence electrons. The molecule has 44 heavy (non-hydrogen) atoms. The van der Waals surface area contributed by atoms with Crippen molar-refractivity contribution in [1.29, 1.82) is 0 Å². The summed E-state index contributed by atoms with van der Waals surface area (Å²) in [6.07, 6.45) is 20.3. The summed E-state index contributed by atoms with van der Waals surface area (Å²) in [5.41, 5.74) is 14.1. The third kappa shape index (κ3) is 4.87. The Labute approximate surface area is 276 Å². The number of allylic oxidation sites excluding steroid dienone is 4. The monoisotopic (exact) mass is 662 g/mol. The number of hydrogen-bond donors (Lipinski definition) is 0. The van der Waals surface area contributed by atoms with Crippen molar-refractivity contribution < 1.29 is 21.3 Å². The fourth-order valence-corrected chi connectivity index (χ4v) is 21.9. The molecule has 0 aromatic heterocycles. The van der Waals surface area contributed by atoms with Crippen molar-refractivity contribution in [3.63, 3.8) is 0 Å². The Kier molecular flexibility index (Phi) is 7.23. The zero-order valence-electron chi connectivity index (χ0n) is 28.8. The summed E-state index contributed by atoms with van der Waals surface area (Å²) in [5.74, 6) is 3.03. The first-order valence-electron chi connectivity index (χ1n) is 18.3. The second-order valence-corrected chi connectivity index (χ2v) is 24.9. The van der Waals surface area contributed by atoms with Crippen LogP contribution in [0.25, 0.3) is 11.1 Å². The molecule has 7 aliphatic carbocycles. The zero-order valence-corrected chi connectivity index (χ0v) is 31.3. The van der Waals surface area contributed by atoms with E-state index in [1.807, 2.05) is 5.57 Å². The molecule has 0 amide bonds. The molecule has 5 saturated carbocycles. The molecule has 1 heteroatoms. The van der Waals surface area contributed by atoms with Gasteiger partial charge in [-0.05, 0) is 0 Å². The molecule has 0 heterocycles. The predicted molar refractivity (Wildman–Crippen MR) is 185 cm³/mol. The molecule has 2 aromatic rings. The Balaban J connectivity index is 1.36. The van der Waals surface area contributed by atoms with E-state index in [2.05, 4.69) is 97.4 Å². The van der Waals surface area contributed by atoms with Gasteiger partial charge in [0.2, 0.25) is 0 Å². The number of rotatable bonds is 3. The Morgan fingerprint density at radius 1 is 0.682 bits per heavy atom. The molecule has 4 bridgehead atoms. The van der Waals surface area contributed by atoms with Crippen LogP contribution in [0.1, 0.15) is 151 Å². The van der Waals surface area contributed by atoms with Gasteiger partial charge < -0.3 is 0 Å². The van der Waals surface area contributed by atoms with Crippen molar-refractivity contribution in [2.75, 3.05) is 0 Å². The van der Waals surface area contributed by atoms with Crippen LogP contribution in [0.5, 0.6) is 0 Å². The average molecular weight is 664 g/mol. The Morgan fingerprint density at radius 3 is 1.66 bits per heavy atom. The van der Waals surface area contributed by atoms with Gasteiger partial charge in [-0.1, -0.05) is 0 Å². The fraction of sp³-hybridized carbons (Fsp3) is 0.605. The zero-order chi connectivity index (χ0) is 30.6. The van der Waals surface area contributed by atoms with Gasteiger partial charge in [-0.2, -0.15) is 0 Å². The van der Waals surface area contributed by atoms with Crippen molar-refractivity contribution in [3.05, 3.63) is 79.2 Å². The molecule has 0 radical (unpaired) electrons. The Bertz CT molecular complexity index is 1500. The van der Waals surface area contributed by atoms with Gasteiger partial charge in [0.1, 0.15) is 0 Å². The maximum absolute atomic E-state index is 2.72. The summed E-state index contributed by atoms with van der Waals surface area (Å²) in [6, 6.07) is 15.5. The Hall–Kier alpha value is -1.33. The summed E-state index contributed by atoms with van der Waals surface area (Å²) in [7, 11) is 0. The molecular weight excluding hydrogens is 608 g/mol. The van der Waals surface area contributed by atoms with Gasteiger partial charge in [0.15, 0.2) is 0 Å². The van der Waals surface area contributed by atoms with Crippen LogP contribution in [0, 0.1) is 23.2 Å². The molecule has 0 atom stereocenters. The van der Waals surface area contributed by atoms with Gasteiger partial charge in [-0.15, -0.1) is 0 Å². The molecule has 0 spiro atoms. The van der Waals surface area contributed by atoms with E-state index in [0.29, 0.717) is 9.04 Å². The molecule has 0 nitrogen and oxygen atoms in total. The van der Waals surface area contributed by atoms with E-state index in [0.717, 1.165) is 17.8 Å². The van der Waals surface area contributed by atoms with E-state index < -0.39 is 21.3 Å². The summed E-state index contributed by atoms with van der Waals surface area (Å²) < 4.78 is 4.80. The molecule has 7 aliphatic rings. The van der Waals surface area contributed by atoms with Crippen molar-refractivity contribution in [1.82, 2.24) is 0 Å². The van der Waals surface area contributed by atoms with Crippen LogP contribution < -0.4 is 0 Å². The molecule has 0 unspecified atom stereocenters. The first kappa shape index (κ1) is 30.0. The van der Waals surface area contributed by atoms with Gasteiger partial charge in [0.25, 0.3) is 0 Å². The fourth-order valence-electron chi connectivity index (χ4n) is 11.4. The first-order valence-corrected chi connectivity index (χ1v) is 22.2. The standard InChI is InChI=1S/C21H25.C16H21.C6H10.Zr/c1-20(2,3)16-9-7-14-11-15-8-10-17(21(4,5)6)13-19(15)18(14)12-16;1-11-3-2-4-15(11)16-8-12-5-13(9-16)7-14(6-12)10-16;1-2-4-6-5-3-1;/h7-13H,1-6H3;3,12-14H,2,5-10H2,1H3;1-5H2;. The van der Waals surface area contributed by atoms with Crippen molar-refractivity contribution in [2.45, 2.75) is 140 Å². The van der Waals surface area contributed by atoms with E-state index in [1.165, 1.54) is 68.9 Å². The van der Waals surface area contributed by atoms with Crippen molar-refractivity contribution in [3.8, 4) is 11.1 Å². The third-order valence-corrected chi connectivity index (χ3v) is 21.8. The second-order valence-electron chi connectivity index (χ2n) is 18.3. The first-order chi connectivity index (χ1) is 20.9. The number of hydrogen-bond acceptors (Lipinski definition) is 0. The minimum atomic E-state index is -2.34. The Morgan fingerprint density at radius 2 is 1.18 bits per heavy atom. The van der Waals surface area contributed by atoms with Crippen LogP contribution in [0.3, 0.4) is 0 Å². The van der Waals surface area contributed by atoms with E-state index in [4.69, 9.17) is 0 Å². The summed E-state index contributed by atoms with van der Waals surface area (Å²) in [6.45, 7) is 16.9. The molecule has 9 rings (SSSR count). The molecule has 0 saturated heterocycles. The number of fused-ring (bicyclic) bond motifs is 3.